The van der Waals surface area contributed by atoms with Gasteiger partial charge in [-0.05, 0) is 11.6 Å². The molecule has 1 atom stereocenters. The summed E-state index contributed by atoms with van der Waals surface area (Å²) in [4.78, 5) is 15.4. The molecular formula is C10H14N2O2. The van der Waals surface area contributed by atoms with Gasteiger partial charge in [0.1, 0.15) is 0 Å². The predicted octanol–water partition coefficient (Wildman–Crippen LogP) is 0.167. The van der Waals surface area contributed by atoms with Gasteiger partial charge in [0.15, 0.2) is 5.78 Å². The summed E-state index contributed by atoms with van der Waals surface area (Å²) in [6.07, 6.45) is 3.65. The van der Waals surface area contributed by atoms with E-state index in [2.05, 4.69) is 4.98 Å². The second-order valence-electron chi connectivity index (χ2n) is 3.07. The van der Waals surface area contributed by atoms with Gasteiger partial charge in [-0.1, -0.05) is 6.07 Å². The molecule has 0 spiro atoms. The van der Waals surface area contributed by atoms with Crippen LogP contribution in [0.2, 0.25) is 0 Å². The van der Waals surface area contributed by atoms with E-state index in [9.17, 15) is 4.79 Å². The molecule has 2 N–H and O–H groups in total. The molecule has 1 aromatic heterocycles. The van der Waals surface area contributed by atoms with Crippen molar-refractivity contribution in [3.05, 3.63) is 30.1 Å². The van der Waals surface area contributed by atoms with Crippen LogP contribution in [0, 0.1) is 0 Å². The minimum atomic E-state index is -0.541. The maximum atomic E-state index is 11.5. The zero-order valence-electron chi connectivity index (χ0n) is 8.14. The van der Waals surface area contributed by atoms with Crippen molar-refractivity contribution in [3.8, 4) is 0 Å². The van der Waals surface area contributed by atoms with Crippen molar-refractivity contribution in [1.82, 2.24) is 4.98 Å². The van der Waals surface area contributed by atoms with Crippen LogP contribution in [0.3, 0.4) is 0 Å². The van der Waals surface area contributed by atoms with Crippen molar-refractivity contribution in [3.63, 3.8) is 0 Å². The van der Waals surface area contributed by atoms with E-state index in [0.29, 0.717) is 6.42 Å². The Balaban J connectivity index is 2.49. The van der Waals surface area contributed by atoms with Crippen LogP contribution in [0.1, 0.15) is 5.56 Å². The molecule has 0 aliphatic carbocycles. The third-order valence-electron chi connectivity index (χ3n) is 1.86. The Morgan fingerprint density at radius 3 is 3.07 bits per heavy atom. The lowest BCUT2D eigenvalue weighted by Gasteiger charge is -2.08. The number of Topliss-reactive ketones (excluding diaryl/α,β-unsaturated/α-hetero) is 1. The number of methoxy groups -OCH3 is 1. The largest absolute Gasteiger partial charge is 0.383 e. The summed E-state index contributed by atoms with van der Waals surface area (Å²) in [5.74, 6) is -0.0279. The third-order valence-corrected chi connectivity index (χ3v) is 1.86. The number of rotatable bonds is 5. The number of hydrogen-bond donors (Lipinski definition) is 1. The van der Waals surface area contributed by atoms with Gasteiger partial charge in [-0.25, -0.2) is 0 Å². The van der Waals surface area contributed by atoms with E-state index in [1.807, 2.05) is 6.07 Å². The molecule has 14 heavy (non-hydrogen) atoms. The first kappa shape index (κ1) is 10.8. The maximum absolute atomic E-state index is 11.5. The number of carbonyl (C=O) groups excluding carboxylic acids is 1. The van der Waals surface area contributed by atoms with Gasteiger partial charge in [0.2, 0.25) is 0 Å². The minimum absolute atomic E-state index is 0.0279. The second kappa shape index (κ2) is 5.47. The van der Waals surface area contributed by atoms with Gasteiger partial charge in [-0.15, -0.1) is 0 Å². The lowest BCUT2D eigenvalue weighted by Crippen LogP contribution is -2.35. The third kappa shape index (κ3) is 3.24. The molecule has 0 amide bonds. The fourth-order valence-electron chi connectivity index (χ4n) is 1.11. The van der Waals surface area contributed by atoms with Crippen LogP contribution in [0.5, 0.6) is 0 Å². The normalized spacial score (nSPS) is 12.4. The van der Waals surface area contributed by atoms with E-state index in [-0.39, 0.29) is 12.4 Å². The van der Waals surface area contributed by atoms with Gasteiger partial charge in [0.25, 0.3) is 0 Å². The first-order chi connectivity index (χ1) is 6.74. The van der Waals surface area contributed by atoms with Crippen LogP contribution < -0.4 is 5.73 Å². The highest BCUT2D eigenvalue weighted by Crippen LogP contribution is 1.99. The molecule has 0 saturated heterocycles. The van der Waals surface area contributed by atoms with Crippen LogP contribution in [0.25, 0.3) is 0 Å². The number of pyridine rings is 1. The molecule has 0 aromatic carbocycles. The fraction of sp³-hybridized carbons (Fsp3) is 0.400. The highest BCUT2D eigenvalue weighted by atomic mass is 16.5. The minimum Gasteiger partial charge on any atom is -0.383 e. The molecular weight excluding hydrogens is 180 g/mol. The van der Waals surface area contributed by atoms with Gasteiger partial charge < -0.3 is 10.5 Å². The molecule has 0 aliphatic heterocycles. The molecule has 1 rings (SSSR count). The van der Waals surface area contributed by atoms with Crippen molar-refractivity contribution < 1.29 is 9.53 Å². The second-order valence-corrected chi connectivity index (χ2v) is 3.07. The lowest BCUT2D eigenvalue weighted by atomic mass is 10.1. The molecule has 0 saturated carbocycles. The number of carbonyl (C=O) groups is 1. The van der Waals surface area contributed by atoms with Crippen LogP contribution in [-0.2, 0) is 16.0 Å². The van der Waals surface area contributed by atoms with Crippen LogP contribution in [0.15, 0.2) is 24.5 Å². The van der Waals surface area contributed by atoms with Gasteiger partial charge >= 0.3 is 0 Å². The standard InChI is InChI=1S/C10H14N2O2/c1-14-7-9(11)10(13)5-8-3-2-4-12-6-8/h2-4,6,9H,5,7,11H2,1H3. The van der Waals surface area contributed by atoms with Crippen molar-refractivity contribution in [2.45, 2.75) is 12.5 Å². The van der Waals surface area contributed by atoms with E-state index in [1.54, 1.807) is 18.5 Å². The number of nitrogens with two attached hydrogens (primary N) is 1. The van der Waals surface area contributed by atoms with Crippen LogP contribution >= 0.6 is 0 Å². The molecule has 0 aliphatic rings. The maximum Gasteiger partial charge on any atom is 0.156 e. The van der Waals surface area contributed by atoms with Crippen molar-refractivity contribution in [2.75, 3.05) is 13.7 Å². The summed E-state index contributed by atoms with van der Waals surface area (Å²) >= 11 is 0. The Labute approximate surface area is 83.1 Å². The molecule has 4 nitrogen and oxygen atoms in total. The number of aromatic nitrogens is 1. The van der Waals surface area contributed by atoms with E-state index >= 15 is 0 Å². The number of ether oxygens (including phenoxy) is 1. The topological polar surface area (TPSA) is 65.2 Å². The Bertz CT molecular complexity index is 287. The molecule has 0 radical (unpaired) electrons. The predicted molar refractivity (Wildman–Crippen MR) is 52.8 cm³/mol. The van der Waals surface area contributed by atoms with E-state index in [4.69, 9.17) is 10.5 Å². The zero-order valence-corrected chi connectivity index (χ0v) is 8.14. The molecule has 76 valence electrons. The average Bonchev–Trinajstić information content (AvgIpc) is 2.19. The van der Waals surface area contributed by atoms with Crippen molar-refractivity contribution in [2.24, 2.45) is 5.73 Å². The number of nitrogens with zero attached hydrogens (tertiary/aromatic N) is 1. The smallest absolute Gasteiger partial charge is 0.156 e. The Morgan fingerprint density at radius 2 is 2.50 bits per heavy atom. The van der Waals surface area contributed by atoms with E-state index < -0.39 is 6.04 Å². The first-order valence-electron chi connectivity index (χ1n) is 4.40. The van der Waals surface area contributed by atoms with Gasteiger partial charge in [-0.3, -0.25) is 9.78 Å². The summed E-state index contributed by atoms with van der Waals surface area (Å²) in [5.41, 5.74) is 6.46. The molecule has 1 aromatic rings. The lowest BCUT2D eigenvalue weighted by molar-refractivity contribution is -0.120. The summed E-state index contributed by atoms with van der Waals surface area (Å²) in [7, 11) is 1.53. The Kier molecular flexibility index (Phi) is 4.22. The molecule has 1 heterocycles. The summed E-state index contributed by atoms with van der Waals surface area (Å²) < 4.78 is 4.80. The van der Waals surface area contributed by atoms with Gasteiger partial charge in [0.05, 0.1) is 12.6 Å². The average molecular weight is 194 g/mol. The van der Waals surface area contributed by atoms with Gasteiger partial charge in [0, 0.05) is 25.9 Å². The summed E-state index contributed by atoms with van der Waals surface area (Å²) in [6, 6.07) is 3.11. The molecule has 0 bridgehead atoms. The number of hydrogen-bond acceptors (Lipinski definition) is 4. The van der Waals surface area contributed by atoms with Crippen molar-refractivity contribution >= 4 is 5.78 Å². The number of ketones is 1. The molecule has 1 unspecified atom stereocenters. The van der Waals surface area contributed by atoms with Gasteiger partial charge in [-0.2, -0.15) is 0 Å². The fourth-order valence-corrected chi connectivity index (χ4v) is 1.11. The van der Waals surface area contributed by atoms with E-state index in [0.717, 1.165) is 5.56 Å². The molecule has 0 fully saturated rings. The van der Waals surface area contributed by atoms with Crippen molar-refractivity contribution in [1.29, 1.82) is 0 Å². The monoisotopic (exact) mass is 194 g/mol. The van der Waals surface area contributed by atoms with Crippen LogP contribution in [-0.4, -0.2) is 30.5 Å². The SMILES string of the molecule is COCC(N)C(=O)Cc1cccnc1. The Hall–Kier alpha value is -1.26. The van der Waals surface area contributed by atoms with E-state index in [1.165, 1.54) is 7.11 Å². The molecule has 4 heteroatoms. The summed E-state index contributed by atoms with van der Waals surface area (Å²) in [6.45, 7) is 0.263. The zero-order chi connectivity index (χ0) is 10.4. The highest BCUT2D eigenvalue weighted by Gasteiger charge is 2.13. The Morgan fingerprint density at radius 1 is 1.71 bits per heavy atom. The van der Waals surface area contributed by atoms with Crippen LogP contribution in [0.4, 0.5) is 0 Å². The highest BCUT2D eigenvalue weighted by molar-refractivity contribution is 5.85. The summed E-state index contributed by atoms with van der Waals surface area (Å²) in [5, 5.41) is 0. The quantitative estimate of drug-likeness (QED) is 0.725. The first-order valence-corrected chi connectivity index (χ1v) is 4.40.